The first-order valence-corrected chi connectivity index (χ1v) is 20.3. The van der Waals surface area contributed by atoms with E-state index in [1.807, 2.05) is 24.4 Å². The molecular weight excluding hydrogens is 707 g/mol. The van der Waals surface area contributed by atoms with Crippen molar-refractivity contribution in [2.75, 3.05) is 0 Å². The van der Waals surface area contributed by atoms with E-state index in [2.05, 4.69) is 188 Å². The largest absolute Gasteiger partial charge is 0.507 e. The molecule has 290 valence electrons. The summed E-state index contributed by atoms with van der Waals surface area (Å²) in [4.78, 5) is 10.4. The number of benzene rings is 6. The Labute approximate surface area is 343 Å². The molecule has 0 amide bonds. The van der Waals surface area contributed by atoms with E-state index in [9.17, 15) is 5.11 Å². The van der Waals surface area contributed by atoms with E-state index in [-0.39, 0.29) is 22.0 Å². The lowest BCUT2D eigenvalue weighted by Crippen LogP contribution is -2.14. The van der Waals surface area contributed by atoms with Crippen LogP contribution in [0.15, 0.2) is 152 Å². The number of hydrogen-bond donors (Lipinski definition) is 1. The second-order valence-electron chi connectivity index (χ2n) is 18.6. The Balaban J connectivity index is 1.33. The minimum absolute atomic E-state index is 0.0923. The van der Waals surface area contributed by atoms with Crippen LogP contribution in [0, 0.1) is 0 Å². The van der Waals surface area contributed by atoms with Gasteiger partial charge in [-0.15, -0.1) is 0 Å². The number of aromatic nitrogens is 3. The van der Waals surface area contributed by atoms with Gasteiger partial charge in [0.25, 0.3) is 0 Å². The summed E-state index contributed by atoms with van der Waals surface area (Å²) in [7, 11) is 0. The van der Waals surface area contributed by atoms with Gasteiger partial charge in [0.2, 0.25) is 0 Å². The molecule has 0 bridgehead atoms. The lowest BCUT2D eigenvalue weighted by Gasteiger charge is -2.25. The van der Waals surface area contributed by atoms with Crippen LogP contribution >= 0.6 is 0 Å². The van der Waals surface area contributed by atoms with Crippen molar-refractivity contribution in [1.29, 1.82) is 0 Å². The highest BCUT2D eigenvalue weighted by Gasteiger charge is 2.25. The van der Waals surface area contributed by atoms with Crippen molar-refractivity contribution >= 4 is 11.0 Å². The number of hydrogen-bond acceptors (Lipinski definition) is 3. The normalized spacial score (nSPS) is 12.3. The zero-order valence-corrected chi connectivity index (χ0v) is 35.2. The number of fused-ring (bicyclic) bond motifs is 1. The number of aromatic hydroxyl groups is 1. The van der Waals surface area contributed by atoms with Gasteiger partial charge in [-0.2, -0.15) is 0 Å². The van der Waals surface area contributed by atoms with Crippen LogP contribution in [0.3, 0.4) is 0 Å². The topological polar surface area (TPSA) is 50.9 Å². The summed E-state index contributed by atoms with van der Waals surface area (Å²) in [6, 6.07) is 51.3. The van der Waals surface area contributed by atoms with Gasteiger partial charge in [-0.25, -0.2) is 4.98 Å². The van der Waals surface area contributed by atoms with E-state index in [1.165, 1.54) is 33.4 Å². The van der Waals surface area contributed by atoms with Gasteiger partial charge in [0.15, 0.2) is 0 Å². The number of imidazole rings is 1. The summed E-state index contributed by atoms with van der Waals surface area (Å²) in [5.41, 5.74) is 15.8. The first-order chi connectivity index (χ1) is 27.6. The second-order valence-corrected chi connectivity index (χ2v) is 18.6. The summed E-state index contributed by atoms with van der Waals surface area (Å²) in [5, 5.41) is 11.3. The van der Waals surface area contributed by atoms with Crippen molar-refractivity contribution in [1.82, 2.24) is 14.5 Å². The van der Waals surface area contributed by atoms with Gasteiger partial charge in [-0.3, -0.25) is 9.55 Å². The van der Waals surface area contributed by atoms with Crippen molar-refractivity contribution < 1.29 is 5.11 Å². The predicted molar refractivity (Wildman–Crippen MR) is 244 cm³/mol. The number of para-hydroxylation sites is 2. The molecule has 8 rings (SSSR count). The van der Waals surface area contributed by atoms with Crippen molar-refractivity contribution in [3.05, 3.63) is 168 Å². The lowest BCUT2D eigenvalue weighted by atomic mass is 9.81. The van der Waals surface area contributed by atoms with Crippen molar-refractivity contribution in [3.63, 3.8) is 0 Å². The molecule has 2 aromatic heterocycles. The smallest absolute Gasteiger partial charge is 0.149 e. The first-order valence-electron chi connectivity index (χ1n) is 20.3. The molecule has 0 atom stereocenters. The average Bonchev–Trinajstić information content (AvgIpc) is 3.60. The second kappa shape index (κ2) is 14.6. The van der Waals surface area contributed by atoms with Crippen molar-refractivity contribution in [2.24, 2.45) is 0 Å². The molecule has 0 saturated carbocycles. The molecule has 0 unspecified atom stereocenters. The molecule has 6 aromatic carbocycles. The summed E-state index contributed by atoms with van der Waals surface area (Å²) < 4.78 is 2.21. The van der Waals surface area contributed by atoms with Gasteiger partial charge < -0.3 is 5.11 Å². The molecule has 0 aliphatic carbocycles. The fraction of sp³-hybridized carbons (Fsp3) is 0.222. The zero-order valence-electron chi connectivity index (χ0n) is 35.2. The first kappa shape index (κ1) is 38.6. The highest BCUT2D eigenvalue weighted by molar-refractivity contribution is 5.97. The molecule has 4 nitrogen and oxygen atoms in total. The Morgan fingerprint density at radius 1 is 0.466 bits per heavy atom. The van der Waals surface area contributed by atoms with Crippen LogP contribution < -0.4 is 0 Å². The molecule has 0 saturated heterocycles. The van der Waals surface area contributed by atoms with E-state index in [4.69, 9.17) is 9.97 Å². The minimum atomic E-state index is -0.136. The highest BCUT2D eigenvalue weighted by atomic mass is 16.3. The molecule has 8 aromatic rings. The number of phenolic OH excluding ortho intramolecular Hbond substituents is 1. The van der Waals surface area contributed by atoms with E-state index in [1.54, 1.807) is 6.07 Å². The van der Waals surface area contributed by atoms with Gasteiger partial charge in [-0.1, -0.05) is 153 Å². The Hall–Kier alpha value is -6.26. The third-order valence-corrected chi connectivity index (χ3v) is 11.2. The van der Waals surface area contributed by atoms with Gasteiger partial charge in [0, 0.05) is 23.0 Å². The Morgan fingerprint density at radius 3 is 1.83 bits per heavy atom. The van der Waals surface area contributed by atoms with Crippen molar-refractivity contribution in [2.45, 2.75) is 78.6 Å². The van der Waals surface area contributed by atoms with E-state index >= 15 is 0 Å². The molecular formula is C54H53N3O. The van der Waals surface area contributed by atoms with Crippen molar-refractivity contribution in [3.8, 4) is 67.5 Å². The van der Waals surface area contributed by atoms with Crippen LogP contribution in [0.4, 0.5) is 0 Å². The van der Waals surface area contributed by atoms with Crippen LogP contribution in [0.25, 0.3) is 72.7 Å². The molecule has 4 heteroatoms. The molecule has 2 heterocycles. The molecule has 1 N–H and O–H groups in total. The van der Waals surface area contributed by atoms with Crippen LogP contribution in [-0.4, -0.2) is 19.6 Å². The van der Waals surface area contributed by atoms with Crippen LogP contribution in [0.5, 0.6) is 5.75 Å². The molecule has 58 heavy (non-hydrogen) atoms. The van der Waals surface area contributed by atoms with E-state index in [0.29, 0.717) is 11.4 Å². The Bertz CT molecular complexity index is 2770. The van der Waals surface area contributed by atoms with Gasteiger partial charge >= 0.3 is 0 Å². The van der Waals surface area contributed by atoms with Gasteiger partial charge in [0.05, 0.1) is 22.3 Å². The van der Waals surface area contributed by atoms with Gasteiger partial charge in [0.1, 0.15) is 11.6 Å². The maximum absolute atomic E-state index is 11.3. The summed E-state index contributed by atoms with van der Waals surface area (Å²) >= 11 is 0. The highest BCUT2D eigenvalue weighted by Crippen LogP contribution is 2.42. The third kappa shape index (κ3) is 7.47. The monoisotopic (exact) mass is 759 g/mol. The van der Waals surface area contributed by atoms with Gasteiger partial charge in [-0.05, 0) is 115 Å². The maximum atomic E-state index is 11.3. The molecule has 0 aliphatic rings. The minimum Gasteiger partial charge on any atom is -0.507 e. The Kier molecular flexibility index (Phi) is 9.72. The summed E-state index contributed by atoms with van der Waals surface area (Å²) in [5.74, 6) is 0.875. The number of rotatable bonds is 6. The number of pyridine rings is 1. The summed E-state index contributed by atoms with van der Waals surface area (Å²) in [6.07, 6.45) is 1.92. The van der Waals surface area contributed by atoms with Crippen LogP contribution in [0.1, 0.15) is 79.0 Å². The average molecular weight is 760 g/mol. The molecule has 0 radical (unpaired) electrons. The number of phenols is 1. The third-order valence-electron chi connectivity index (χ3n) is 11.2. The standard InChI is InChI=1S/C54H53N3O/c1-52(2,3)40-24-22-35(23-25-40)37-28-29-55-47(33-37)39-30-38(31-41(32-39)53(4,5)6)44-19-15-20-48-50(44)56-51(45-18-13-14-21-49(45)58)57(48)42-26-27-43(36-16-11-10-12-17-36)46(34-42)54(7,8)9/h10-34,58H,1-9H3. The fourth-order valence-corrected chi connectivity index (χ4v) is 7.89. The number of nitrogens with zero attached hydrogens (tertiary/aromatic N) is 3. The quantitative estimate of drug-likeness (QED) is 0.184. The lowest BCUT2D eigenvalue weighted by molar-refractivity contribution is 0.477. The summed E-state index contributed by atoms with van der Waals surface area (Å²) in [6.45, 7) is 20.3. The predicted octanol–water partition coefficient (Wildman–Crippen LogP) is 14.4. The zero-order chi connectivity index (χ0) is 41.0. The fourth-order valence-electron chi connectivity index (χ4n) is 7.89. The molecule has 0 aliphatic heterocycles. The SMILES string of the molecule is CC(C)(C)c1ccc(-c2ccnc(-c3cc(-c4cccc5c4nc(-c4ccccc4O)n5-c4ccc(-c5ccccc5)c(C(C)(C)C)c4)cc(C(C)(C)C)c3)c2)cc1. The molecule has 0 spiro atoms. The van der Waals surface area contributed by atoms with Crippen LogP contribution in [0.2, 0.25) is 0 Å². The molecule has 0 fully saturated rings. The van der Waals surface area contributed by atoms with E-state index in [0.717, 1.165) is 44.7 Å². The van der Waals surface area contributed by atoms with E-state index < -0.39 is 0 Å². The Morgan fingerprint density at radius 2 is 1.14 bits per heavy atom. The van der Waals surface area contributed by atoms with Crippen LogP contribution in [-0.2, 0) is 16.2 Å². The maximum Gasteiger partial charge on any atom is 0.149 e.